The summed E-state index contributed by atoms with van der Waals surface area (Å²) in [5.41, 5.74) is 1.44. The van der Waals surface area contributed by atoms with Crippen LogP contribution >= 0.6 is 0 Å². The minimum Gasteiger partial charge on any atom is -0.443 e. The van der Waals surface area contributed by atoms with Crippen molar-refractivity contribution in [1.82, 2.24) is 19.8 Å². The van der Waals surface area contributed by atoms with E-state index in [1.807, 2.05) is 12.5 Å². The van der Waals surface area contributed by atoms with Crippen LogP contribution in [-0.4, -0.2) is 89.6 Å². The summed E-state index contributed by atoms with van der Waals surface area (Å²) in [7, 11) is 1.69. The van der Waals surface area contributed by atoms with E-state index in [9.17, 15) is 9.18 Å². The molecule has 1 saturated carbocycles. The Morgan fingerprint density at radius 3 is 2.71 bits per heavy atom. The van der Waals surface area contributed by atoms with E-state index >= 15 is 0 Å². The van der Waals surface area contributed by atoms with Crippen molar-refractivity contribution in [3.8, 4) is 0 Å². The number of methoxy groups -OCH3 is 1. The smallest absolute Gasteiger partial charge is 0.408 e. The summed E-state index contributed by atoms with van der Waals surface area (Å²) in [6, 6.07) is -0.289. The summed E-state index contributed by atoms with van der Waals surface area (Å²) in [6.07, 6.45) is 7.57. The summed E-state index contributed by atoms with van der Waals surface area (Å²) in [6.45, 7) is 15.9. The third-order valence-corrected chi connectivity index (χ3v) is 9.76. The average Bonchev–Trinajstić information content (AvgIpc) is 3.69. The van der Waals surface area contributed by atoms with Crippen LogP contribution in [0.4, 0.5) is 9.18 Å². The number of aromatic nitrogens is 2. The first-order valence-corrected chi connectivity index (χ1v) is 15.8. The maximum Gasteiger partial charge on any atom is 0.408 e. The van der Waals surface area contributed by atoms with Gasteiger partial charge in [-0.1, -0.05) is 25.5 Å². The molecule has 0 aromatic carbocycles. The van der Waals surface area contributed by atoms with Crippen LogP contribution in [0, 0.1) is 17.8 Å². The molecule has 42 heavy (non-hydrogen) atoms. The number of alkyl carbamates (subject to hydrolysis) is 1. The summed E-state index contributed by atoms with van der Waals surface area (Å²) in [5.74, 6) is 0.557. The number of rotatable bonds is 12. The summed E-state index contributed by atoms with van der Waals surface area (Å²) < 4.78 is 40.0. The molecule has 1 amide bonds. The van der Waals surface area contributed by atoms with Crippen molar-refractivity contribution < 1.29 is 28.1 Å². The number of carbonyl (C=O) groups is 1. The molecule has 10 heteroatoms. The van der Waals surface area contributed by atoms with Gasteiger partial charge in [-0.25, -0.2) is 14.2 Å². The standard InChI is InChI=1S/C32H51FN4O5/c1-20(2)8-9-26-31(6,42-26)29-28(39-7)25(10-12-32(29)18-40-32)41-30(38)35-27(21(3)4)24-17-37(19-34-24)16-23-11-13-36(15-23)14-22(5)33/h8,17,19,21-23,25-29H,9-16,18H2,1-7H3,(H,35,38)/t22?,23-,25-,26-,27+,28-,29-,31+,32+/m1/s1. The molecule has 1 aliphatic carbocycles. The number of ether oxygens (including phenoxy) is 4. The second-order valence-electron chi connectivity index (χ2n) is 13.9. The predicted octanol–water partition coefficient (Wildman–Crippen LogP) is 5.06. The van der Waals surface area contributed by atoms with Crippen molar-refractivity contribution in [3.63, 3.8) is 0 Å². The van der Waals surface area contributed by atoms with Crippen LogP contribution in [0.3, 0.4) is 0 Å². The molecular weight excluding hydrogens is 539 g/mol. The molecule has 4 heterocycles. The number of nitrogens with zero attached hydrogens (tertiary/aromatic N) is 3. The lowest BCUT2D eigenvalue weighted by molar-refractivity contribution is -0.118. The van der Waals surface area contributed by atoms with Crippen molar-refractivity contribution in [1.29, 1.82) is 0 Å². The van der Waals surface area contributed by atoms with Gasteiger partial charge in [-0.2, -0.15) is 0 Å². The van der Waals surface area contributed by atoms with Gasteiger partial charge in [0.1, 0.15) is 29.6 Å². The number of carbonyl (C=O) groups excluding carboxylic acids is 1. The molecular formula is C32H51FN4O5. The Morgan fingerprint density at radius 1 is 1.31 bits per heavy atom. The van der Waals surface area contributed by atoms with Crippen molar-refractivity contribution in [3.05, 3.63) is 29.9 Å². The monoisotopic (exact) mass is 590 g/mol. The number of likely N-dealkylation sites (tertiary alicyclic amines) is 1. The number of hydrogen-bond acceptors (Lipinski definition) is 7. The molecule has 1 aromatic rings. The van der Waals surface area contributed by atoms with Crippen LogP contribution in [0.2, 0.25) is 0 Å². The minimum atomic E-state index is -0.808. The SMILES string of the molecule is CO[C@@H]1[C@H](OC(=O)N[C@H](c2cn(C[C@@H]3CCN(CC(C)F)C3)cn2)C(C)C)CC[C@]2(CO2)[C@H]1[C@@]1(C)O[C@@H]1CC=C(C)C. The quantitative estimate of drug-likeness (QED) is 0.269. The average molecular weight is 591 g/mol. The Balaban J connectivity index is 1.20. The first-order chi connectivity index (χ1) is 19.9. The van der Waals surface area contributed by atoms with Gasteiger partial charge in [0, 0.05) is 32.9 Å². The fourth-order valence-corrected chi connectivity index (χ4v) is 7.47. The highest BCUT2D eigenvalue weighted by atomic mass is 19.1. The van der Waals surface area contributed by atoms with Gasteiger partial charge in [-0.3, -0.25) is 0 Å². The van der Waals surface area contributed by atoms with Crippen LogP contribution in [-0.2, 0) is 25.5 Å². The molecule has 236 valence electrons. The lowest BCUT2D eigenvalue weighted by atomic mass is 9.68. The normalized spacial score (nSPS) is 35.7. The zero-order valence-corrected chi connectivity index (χ0v) is 26.5. The number of hydrogen-bond donors (Lipinski definition) is 1. The zero-order valence-electron chi connectivity index (χ0n) is 26.5. The second kappa shape index (κ2) is 12.5. The summed E-state index contributed by atoms with van der Waals surface area (Å²) in [4.78, 5) is 20.2. The zero-order chi connectivity index (χ0) is 30.2. The summed E-state index contributed by atoms with van der Waals surface area (Å²) in [5, 5.41) is 3.09. The number of halogens is 1. The number of alkyl halides is 1. The molecule has 9 atom stereocenters. The summed E-state index contributed by atoms with van der Waals surface area (Å²) >= 11 is 0. The van der Waals surface area contributed by atoms with Crippen molar-refractivity contribution in [2.24, 2.45) is 17.8 Å². The molecule has 5 rings (SSSR count). The maximum atomic E-state index is 13.4. The fraction of sp³-hybridized carbons (Fsp3) is 0.812. The van der Waals surface area contributed by atoms with E-state index in [4.69, 9.17) is 18.9 Å². The molecule has 0 bridgehead atoms. The van der Waals surface area contributed by atoms with E-state index < -0.39 is 18.4 Å². The number of epoxide rings is 2. The van der Waals surface area contributed by atoms with Crippen LogP contribution in [0.1, 0.15) is 79.0 Å². The predicted molar refractivity (Wildman–Crippen MR) is 158 cm³/mol. The molecule has 3 saturated heterocycles. The van der Waals surface area contributed by atoms with Gasteiger partial charge >= 0.3 is 6.09 Å². The molecule has 1 spiro atoms. The number of nitrogens with one attached hydrogen (secondary N) is 1. The molecule has 1 N–H and O–H groups in total. The molecule has 3 aliphatic heterocycles. The van der Waals surface area contributed by atoms with Crippen LogP contribution in [0.15, 0.2) is 24.2 Å². The van der Waals surface area contributed by atoms with Gasteiger partial charge in [-0.05, 0) is 71.8 Å². The van der Waals surface area contributed by atoms with Gasteiger partial charge in [0.25, 0.3) is 0 Å². The van der Waals surface area contributed by atoms with Crippen molar-refractivity contribution in [2.45, 2.75) is 115 Å². The molecule has 9 nitrogen and oxygen atoms in total. The highest BCUT2D eigenvalue weighted by Gasteiger charge is 2.72. The number of allylic oxidation sites excluding steroid dienone is 1. The van der Waals surface area contributed by atoms with Crippen molar-refractivity contribution in [2.75, 3.05) is 33.4 Å². The van der Waals surface area contributed by atoms with Gasteiger partial charge in [0.2, 0.25) is 0 Å². The molecule has 4 fully saturated rings. The van der Waals surface area contributed by atoms with Gasteiger partial charge in [-0.15, -0.1) is 0 Å². The highest BCUT2D eigenvalue weighted by molar-refractivity contribution is 5.68. The van der Waals surface area contributed by atoms with Crippen LogP contribution < -0.4 is 5.32 Å². The van der Waals surface area contributed by atoms with E-state index in [0.29, 0.717) is 25.5 Å². The van der Waals surface area contributed by atoms with E-state index in [-0.39, 0.29) is 41.3 Å². The third kappa shape index (κ3) is 6.87. The number of amides is 1. The van der Waals surface area contributed by atoms with E-state index in [2.05, 4.69) is 60.5 Å². The third-order valence-electron chi connectivity index (χ3n) is 9.76. The van der Waals surface area contributed by atoms with Crippen molar-refractivity contribution >= 4 is 6.09 Å². The lowest BCUT2D eigenvalue weighted by Crippen LogP contribution is -2.56. The van der Waals surface area contributed by atoms with E-state index in [1.165, 1.54) is 5.57 Å². The van der Waals surface area contributed by atoms with Gasteiger partial charge in [0.05, 0.1) is 36.7 Å². The Morgan fingerprint density at radius 2 is 2.07 bits per heavy atom. The van der Waals surface area contributed by atoms with E-state index in [1.54, 1.807) is 14.0 Å². The van der Waals surface area contributed by atoms with Gasteiger partial charge < -0.3 is 33.7 Å². The minimum absolute atomic E-state index is 0.0201. The molecule has 0 radical (unpaired) electrons. The van der Waals surface area contributed by atoms with Crippen LogP contribution in [0.25, 0.3) is 0 Å². The largest absolute Gasteiger partial charge is 0.443 e. The first-order valence-electron chi connectivity index (χ1n) is 15.8. The second-order valence-corrected chi connectivity index (χ2v) is 13.9. The maximum absolute atomic E-state index is 13.4. The molecule has 1 aromatic heterocycles. The molecule has 4 aliphatic rings. The first kappa shape index (κ1) is 31.4. The molecule has 1 unspecified atom stereocenters. The fourth-order valence-electron chi connectivity index (χ4n) is 7.47. The Kier molecular flexibility index (Phi) is 9.38. The lowest BCUT2D eigenvalue weighted by Gasteiger charge is -2.42. The Bertz CT molecular complexity index is 1120. The highest BCUT2D eigenvalue weighted by Crippen LogP contribution is 2.59. The van der Waals surface area contributed by atoms with E-state index in [0.717, 1.165) is 44.6 Å². The topological polar surface area (TPSA) is 93.7 Å². The number of imidazole rings is 1. The van der Waals surface area contributed by atoms with Crippen LogP contribution in [0.5, 0.6) is 0 Å². The van der Waals surface area contributed by atoms with Gasteiger partial charge in [0.15, 0.2) is 0 Å². The Hall–Kier alpha value is -2.01. The Labute approximate surface area is 250 Å².